The highest BCUT2D eigenvalue weighted by Gasteiger charge is 2.05. The minimum absolute atomic E-state index is 0.201. The number of aromatic hydroxyl groups is 1. The smallest absolute Gasteiger partial charge is 0.331 e. The summed E-state index contributed by atoms with van der Waals surface area (Å²) in [5.74, 6) is -0.677. The molecule has 17 heavy (non-hydrogen) atoms. The van der Waals surface area contributed by atoms with Gasteiger partial charge in [-0.2, -0.15) is 0 Å². The maximum absolute atomic E-state index is 10.8. The number of anilines is 1. The molecule has 2 N–H and O–H groups in total. The van der Waals surface area contributed by atoms with Gasteiger partial charge in [0.05, 0.1) is 0 Å². The van der Waals surface area contributed by atoms with Gasteiger partial charge in [0.25, 0.3) is 0 Å². The van der Waals surface area contributed by atoms with Crippen LogP contribution in [0.4, 0.5) is 5.69 Å². The molecule has 1 aromatic carbocycles. The average molecular weight is 235 g/mol. The number of phenols is 1. The molecule has 0 aliphatic carbocycles. The molecule has 1 rings (SSSR count). The summed E-state index contributed by atoms with van der Waals surface area (Å²) >= 11 is 0. The Morgan fingerprint density at radius 3 is 2.71 bits per heavy atom. The minimum atomic E-state index is -0.878. The number of nitrogens with zero attached hydrogens (tertiary/aromatic N) is 1. The van der Waals surface area contributed by atoms with Crippen LogP contribution in [0.5, 0.6) is 5.75 Å². The van der Waals surface area contributed by atoms with Crippen LogP contribution in [-0.4, -0.2) is 29.8 Å². The molecule has 0 spiro atoms. The molecule has 0 saturated carbocycles. The van der Waals surface area contributed by atoms with E-state index in [0.717, 1.165) is 5.69 Å². The predicted molar refractivity (Wildman–Crippen MR) is 67.4 cm³/mol. The molecule has 4 nitrogen and oxygen atoms in total. The predicted octanol–water partition coefficient (Wildman–Crippen LogP) is 2.25. The number of likely N-dealkylation sites (N-methyl/N-ethyl adjacent to an activating group) is 1. The Labute approximate surface area is 101 Å². The van der Waals surface area contributed by atoms with Crippen LogP contribution in [0, 0.1) is 0 Å². The Morgan fingerprint density at radius 1 is 1.47 bits per heavy atom. The van der Waals surface area contributed by atoms with Gasteiger partial charge in [0.1, 0.15) is 5.75 Å². The molecule has 0 aliphatic rings. The third-order valence-corrected chi connectivity index (χ3v) is 2.54. The van der Waals surface area contributed by atoms with Gasteiger partial charge in [-0.15, -0.1) is 0 Å². The zero-order valence-electron chi connectivity index (χ0n) is 10.1. The fraction of sp³-hybridized carbons (Fsp3) is 0.308. The summed E-state index contributed by atoms with van der Waals surface area (Å²) < 4.78 is 0. The Balaban J connectivity index is 2.73. The standard InChI is InChI=1S/C13H17NO3/c1-3-10(13(16)17)7-8-14(2)11-5-4-6-12(15)9-11/h4-7,9,15H,3,8H2,1-2H3,(H,16,17)/b10-7-. The molecule has 0 radical (unpaired) electrons. The highest BCUT2D eigenvalue weighted by molar-refractivity contribution is 5.86. The summed E-state index contributed by atoms with van der Waals surface area (Å²) in [5, 5.41) is 18.2. The number of carbonyl (C=O) groups is 1. The summed E-state index contributed by atoms with van der Waals surface area (Å²) in [6.45, 7) is 2.31. The van der Waals surface area contributed by atoms with Crippen molar-refractivity contribution in [1.82, 2.24) is 0 Å². The second-order valence-corrected chi connectivity index (χ2v) is 3.79. The fourth-order valence-electron chi connectivity index (χ4n) is 1.47. The van der Waals surface area contributed by atoms with Crippen LogP contribution in [0.25, 0.3) is 0 Å². The Bertz CT molecular complexity index is 426. The van der Waals surface area contributed by atoms with Crippen molar-refractivity contribution in [3.63, 3.8) is 0 Å². The lowest BCUT2D eigenvalue weighted by Crippen LogP contribution is -2.17. The number of benzene rings is 1. The number of phenolic OH excluding ortho intramolecular Hbond substituents is 1. The Hall–Kier alpha value is -1.97. The highest BCUT2D eigenvalue weighted by atomic mass is 16.4. The van der Waals surface area contributed by atoms with Crippen molar-refractivity contribution in [1.29, 1.82) is 0 Å². The molecule has 92 valence electrons. The van der Waals surface area contributed by atoms with Crippen LogP contribution in [0.2, 0.25) is 0 Å². The maximum Gasteiger partial charge on any atom is 0.331 e. The molecule has 0 aliphatic heterocycles. The second kappa shape index (κ2) is 5.94. The molecule has 0 amide bonds. The molecule has 0 atom stereocenters. The molecule has 0 heterocycles. The lowest BCUT2D eigenvalue weighted by atomic mass is 10.2. The van der Waals surface area contributed by atoms with Crippen molar-refractivity contribution in [3.8, 4) is 5.75 Å². The van der Waals surface area contributed by atoms with Gasteiger partial charge in [0, 0.05) is 30.9 Å². The fourth-order valence-corrected chi connectivity index (χ4v) is 1.47. The van der Waals surface area contributed by atoms with Crippen molar-refractivity contribution >= 4 is 11.7 Å². The van der Waals surface area contributed by atoms with Gasteiger partial charge in [-0.1, -0.05) is 19.1 Å². The van der Waals surface area contributed by atoms with Crippen LogP contribution >= 0.6 is 0 Å². The number of hydrogen-bond donors (Lipinski definition) is 2. The number of hydrogen-bond acceptors (Lipinski definition) is 3. The van der Waals surface area contributed by atoms with E-state index < -0.39 is 5.97 Å². The van der Waals surface area contributed by atoms with Gasteiger partial charge in [0.2, 0.25) is 0 Å². The first-order valence-corrected chi connectivity index (χ1v) is 5.47. The van der Waals surface area contributed by atoms with Crippen LogP contribution in [0.3, 0.4) is 0 Å². The van der Waals surface area contributed by atoms with E-state index in [1.54, 1.807) is 24.3 Å². The summed E-state index contributed by atoms with van der Waals surface area (Å²) in [4.78, 5) is 12.7. The minimum Gasteiger partial charge on any atom is -0.508 e. The molecule has 0 fully saturated rings. The topological polar surface area (TPSA) is 60.8 Å². The average Bonchev–Trinajstić information content (AvgIpc) is 2.29. The van der Waals surface area contributed by atoms with Crippen molar-refractivity contribution in [3.05, 3.63) is 35.9 Å². The summed E-state index contributed by atoms with van der Waals surface area (Å²) in [6.07, 6.45) is 2.19. The normalized spacial score (nSPS) is 11.3. The van der Waals surface area contributed by atoms with Crippen LogP contribution in [0.15, 0.2) is 35.9 Å². The van der Waals surface area contributed by atoms with E-state index >= 15 is 0 Å². The van der Waals surface area contributed by atoms with Crippen molar-refractivity contribution in [2.75, 3.05) is 18.5 Å². The zero-order chi connectivity index (χ0) is 12.8. The van der Waals surface area contributed by atoms with Gasteiger partial charge in [-0.25, -0.2) is 4.79 Å². The highest BCUT2D eigenvalue weighted by Crippen LogP contribution is 2.18. The molecule has 1 aromatic rings. The van der Waals surface area contributed by atoms with E-state index in [1.165, 1.54) is 0 Å². The summed E-state index contributed by atoms with van der Waals surface area (Å²) in [5.41, 5.74) is 1.25. The largest absolute Gasteiger partial charge is 0.508 e. The van der Waals surface area contributed by atoms with E-state index in [4.69, 9.17) is 5.11 Å². The van der Waals surface area contributed by atoms with Gasteiger partial charge in [-0.3, -0.25) is 0 Å². The summed E-state index contributed by atoms with van der Waals surface area (Å²) in [7, 11) is 1.85. The molecule has 0 saturated heterocycles. The van der Waals surface area contributed by atoms with E-state index in [9.17, 15) is 9.90 Å². The van der Waals surface area contributed by atoms with E-state index in [2.05, 4.69) is 0 Å². The SMILES string of the molecule is CC/C(=C/CN(C)c1cccc(O)c1)C(=O)O. The molecule has 0 unspecified atom stereocenters. The van der Waals surface area contributed by atoms with Crippen LogP contribution in [0.1, 0.15) is 13.3 Å². The maximum atomic E-state index is 10.8. The van der Waals surface area contributed by atoms with Crippen molar-refractivity contribution < 1.29 is 15.0 Å². The second-order valence-electron chi connectivity index (χ2n) is 3.79. The van der Waals surface area contributed by atoms with Crippen molar-refractivity contribution in [2.45, 2.75) is 13.3 Å². The first kappa shape index (κ1) is 13.1. The molecule has 4 heteroatoms. The number of carboxylic acids is 1. The van der Waals surface area contributed by atoms with Crippen LogP contribution < -0.4 is 4.90 Å². The Kier molecular flexibility index (Phi) is 4.57. The first-order valence-electron chi connectivity index (χ1n) is 5.47. The summed E-state index contributed by atoms with van der Waals surface area (Å²) in [6, 6.07) is 6.85. The number of rotatable bonds is 5. The van der Waals surface area contributed by atoms with Crippen molar-refractivity contribution in [2.24, 2.45) is 0 Å². The third kappa shape index (κ3) is 3.83. The van der Waals surface area contributed by atoms with E-state index in [1.807, 2.05) is 24.9 Å². The lowest BCUT2D eigenvalue weighted by molar-refractivity contribution is -0.132. The quantitative estimate of drug-likeness (QED) is 0.768. The van der Waals surface area contributed by atoms with Gasteiger partial charge >= 0.3 is 5.97 Å². The zero-order valence-corrected chi connectivity index (χ0v) is 10.1. The van der Waals surface area contributed by atoms with Gasteiger partial charge in [0.15, 0.2) is 0 Å². The van der Waals surface area contributed by atoms with Crippen LogP contribution in [-0.2, 0) is 4.79 Å². The monoisotopic (exact) mass is 235 g/mol. The molecule has 0 aromatic heterocycles. The van der Waals surface area contributed by atoms with E-state index in [0.29, 0.717) is 18.5 Å². The number of aliphatic carboxylic acids is 1. The van der Waals surface area contributed by atoms with Gasteiger partial charge in [-0.05, 0) is 18.6 Å². The van der Waals surface area contributed by atoms with Gasteiger partial charge < -0.3 is 15.1 Å². The third-order valence-electron chi connectivity index (χ3n) is 2.54. The number of carboxylic acid groups (broad SMARTS) is 1. The molecular formula is C13H17NO3. The Morgan fingerprint density at radius 2 is 2.18 bits per heavy atom. The molecular weight excluding hydrogens is 218 g/mol. The first-order chi connectivity index (χ1) is 8.04. The molecule has 0 bridgehead atoms. The van der Waals surface area contributed by atoms with E-state index in [-0.39, 0.29) is 5.75 Å². The lowest BCUT2D eigenvalue weighted by Gasteiger charge is -2.17.